The highest BCUT2D eigenvalue weighted by Gasteiger charge is 2.16. The van der Waals surface area contributed by atoms with Gasteiger partial charge in [0.05, 0.1) is 46.1 Å². The zero-order valence-electron chi connectivity index (χ0n) is 21.3. The molecule has 188 valence electrons. The molecule has 0 aliphatic heterocycles. The molecule has 0 radical (unpaired) electrons. The number of hydrogen-bond acceptors (Lipinski definition) is 7. The van der Waals surface area contributed by atoms with E-state index in [0.29, 0.717) is 27.7 Å². The zero-order chi connectivity index (χ0) is 27.9. The number of aromatic nitrogens is 3. The van der Waals surface area contributed by atoms with Crippen molar-refractivity contribution < 1.29 is 4.63 Å². The molecule has 2 heterocycles. The molecule has 7 nitrogen and oxygen atoms in total. The third-order valence-corrected chi connectivity index (χ3v) is 7.26. The number of para-hydroxylation sites is 1. The third-order valence-electron chi connectivity index (χ3n) is 7.26. The van der Waals surface area contributed by atoms with Crippen molar-refractivity contribution >= 4 is 32.7 Å². The van der Waals surface area contributed by atoms with Crippen molar-refractivity contribution in [1.82, 2.24) is 15.3 Å². The van der Waals surface area contributed by atoms with Crippen molar-refractivity contribution in [2.45, 2.75) is 0 Å². The van der Waals surface area contributed by atoms with E-state index in [9.17, 15) is 15.8 Å². The molecule has 0 aliphatic carbocycles. The number of hydrogen-bond donors (Lipinski definition) is 0. The Hall–Kier alpha value is -6.36. The summed E-state index contributed by atoms with van der Waals surface area (Å²) in [6, 6.07) is 37.1. The molecule has 0 spiro atoms. The van der Waals surface area contributed by atoms with Crippen molar-refractivity contribution in [2.75, 3.05) is 0 Å². The van der Waals surface area contributed by atoms with E-state index < -0.39 is 0 Å². The van der Waals surface area contributed by atoms with Crippen LogP contribution in [-0.2, 0) is 0 Å². The maximum atomic E-state index is 9.65. The first-order valence-electron chi connectivity index (χ1n) is 12.7. The number of rotatable bonds is 3. The van der Waals surface area contributed by atoms with Gasteiger partial charge < -0.3 is 0 Å². The fourth-order valence-corrected chi connectivity index (χ4v) is 5.35. The van der Waals surface area contributed by atoms with E-state index in [-0.39, 0.29) is 5.56 Å². The maximum Gasteiger partial charge on any atom is 0.143 e. The number of benzene rings is 5. The first kappa shape index (κ1) is 23.7. The Morgan fingerprint density at radius 2 is 1.20 bits per heavy atom. The summed E-state index contributed by atoms with van der Waals surface area (Å²) >= 11 is 0. The Labute approximate surface area is 233 Å². The molecular formula is C34H16N6O. The Bertz CT molecular complexity index is 2240. The minimum Gasteiger partial charge on any atom is -0.247 e. The topological polar surface area (TPSA) is 123 Å². The van der Waals surface area contributed by atoms with Crippen LogP contribution in [0.3, 0.4) is 0 Å². The van der Waals surface area contributed by atoms with Crippen LogP contribution < -0.4 is 0 Å². The molecule has 7 rings (SSSR count). The Kier molecular flexibility index (Phi) is 5.46. The molecule has 0 unspecified atom stereocenters. The standard InChI is InChI=1S/C34H16N6O/c35-17-20-15-25(18-36)31(26(16-20)19-37)23-9-5-21(6-10-23)22-7-11-24(12-8-22)33-28-13-14-30-34(40-41-39-30)32(28)27-3-1-2-4-29(27)38-33/h1-16H. The molecule has 0 saturated carbocycles. The highest BCUT2D eigenvalue weighted by Crippen LogP contribution is 2.37. The summed E-state index contributed by atoms with van der Waals surface area (Å²) < 4.78 is 5.04. The molecule has 7 heteroatoms. The van der Waals surface area contributed by atoms with Crippen LogP contribution in [0.15, 0.2) is 102 Å². The van der Waals surface area contributed by atoms with Crippen molar-refractivity contribution in [1.29, 1.82) is 15.8 Å². The van der Waals surface area contributed by atoms with Gasteiger partial charge in [-0.15, -0.1) is 0 Å². The van der Waals surface area contributed by atoms with Gasteiger partial charge in [0.2, 0.25) is 0 Å². The van der Waals surface area contributed by atoms with E-state index in [0.717, 1.165) is 49.6 Å². The third kappa shape index (κ3) is 3.84. The van der Waals surface area contributed by atoms with Crippen molar-refractivity contribution in [3.05, 3.63) is 114 Å². The van der Waals surface area contributed by atoms with Crippen molar-refractivity contribution in [3.63, 3.8) is 0 Å². The Morgan fingerprint density at radius 1 is 0.561 bits per heavy atom. The van der Waals surface area contributed by atoms with Gasteiger partial charge in [0.15, 0.2) is 0 Å². The van der Waals surface area contributed by atoms with Gasteiger partial charge in [0.1, 0.15) is 11.0 Å². The van der Waals surface area contributed by atoms with Crippen LogP contribution in [0.1, 0.15) is 16.7 Å². The molecule has 0 fully saturated rings. The Balaban J connectivity index is 1.29. The molecule has 0 amide bonds. The van der Waals surface area contributed by atoms with E-state index in [4.69, 9.17) is 9.61 Å². The molecule has 2 aromatic heterocycles. The van der Waals surface area contributed by atoms with E-state index in [1.54, 1.807) is 0 Å². The summed E-state index contributed by atoms with van der Waals surface area (Å²) in [6.07, 6.45) is 0. The average Bonchev–Trinajstić information content (AvgIpc) is 3.53. The summed E-state index contributed by atoms with van der Waals surface area (Å²) in [4.78, 5) is 5.01. The van der Waals surface area contributed by atoms with Gasteiger partial charge in [-0.25, -0.2) is 9.61 Å². The average molecular weight is 525 g/mol. The van der Waals surface area contributed by atoms with E-state index in [1.807, 2.05) is 91.0 Å². The highest BCUT2D eigenvalue weighted by molar-refractivity contribution is 6.20. The van der Waals surface area contributed by atoms with Gasteiger partial charge in [0, 0.05) is 27.3 Å². The number of fused-ring (bicyclic) bond motifs is 5. The first-order chi connectivity index (χ1) is 20.2. The number of nitriles is 3. The molecule has 0 saturated heterocycles. The summed E-state index contributed by atoms with van der Waals surface area (Å²) in [7, 11) is 0. The monoisotopic (exact) mass is 524 g/mol. The van der Waals surface area contributed by atoms with Crippen LogP contribution in [-0.4, -0.2) is 15.3 Å². The van der Waals surface area contributed by atoms with Crippen LogP contribution in [0.4, 0.5) is 0 Å². The predicted molar refractivity (Wildman–Crippen MR) is 155 cm³/mol. The summed E-state index contributed by atoms with van der Waals surface area (Å²) in [5.74, 6) is 0. The molecule has 0 atom stereocenters. The van der Waals surface area contributed by atoms with Gasteiger partial charge in [-0.3, -0.25) is 0 Å². The lowest BCUT2D eigenvalue weighted by Gasteiger charge is -2.11. The maximum absolute atomic E-state index is 9.65. The number of pyridine rings is 1. The second-order valence-electron chi connectivity index (χ2n) is 9.53. The second-order valence-corrected chi connectivity index (χ2v) is 9.53. The van der Waals surface area contributed by atoms with E-state index in [1.165, 1.54) is 12.1 Å². The molecule has 5 aromatic carbocycles. The normalized spacial score (nSPS) is 10.9. The molecule has 41 heavy (non-hydrogen) atoms. The summed E-state index contributed by atoms with van der Waals surface area (Å²) in [6.45, 7) is 0. The van der Waals surface area contributed by atoms with Crippen LogP contribution in [0.2, 0.25) is 0 Å². The Morgan fingerprint density at radius 3 is 1.85 bits per heavy atom. The first-order valence-corrected chi connectivity index (χ1v) is 12.7. The van der Waals surface area contributed by atoms with Crippen LogP contribution in [0.25, 0.3) is 66.2 Å². The van der Waals surface area contributed by atoms with Crippen LogP contribution in [0.5, 0.6) is 0 Å². The fraction of sp³-hybridized carbons (Fsp3) is 0. The van der Waals surface area contributed by atoms with Gasteiger partial charge in [-0.2, -0.15) is 15.8 Å². The fourth-order valence-electron chi connectivity index (χ4n) is 5.35. The second kappa shape index (κ2) is 9.43. The largest absolute Gasteiger partial charge is 0.247 e. The predicted octanol–water partition coefficient (Wildman–Crippen LogP) is 7.54. The van der Waals surface area contributed by atoms with Crippen LogP contribution >= 0.6 is 0 Å². The minimum absolute atomic E-state index is 0.286. The van der Waals surface area contributed by atoms with E-state index in [2.05, 4.69) is 22.5 Å². The molecular weight excluding hydrogens is 508 g/mol. The van der Waals surface area contributed by atoms with Gasteiger partial charge in [-0.05, 0) is 57.3 Å². The summed E-state index contributed by atoms with van der Waals surface area (Å²) in [5.41, 5.74) is 8.22. The van der Waals surface area contributed by atoms with Gasteiger partial charge in [0.25, 0.3) is 0 Å². The zero-order valence-corrected chi connectivity index (χ0v) is 21.3. The number of nitrogens with zero attached hydrogens (tertiary/aromatic N) is 6. The quantitative estimate of drug-likeness (QED) is 0.219. The van der Waals surface area contributed by atoms with Gasteiger partial charge >= 0.3 is 0 Å². The lowest BCUT2D eigenvalue weighted by atomic mass is 9.92. The van der Waals surface area contributed by atoms with Crippen molar-refractivity contribution in [2.24, 2.45) is 0 Å². The summed E-state index contributed by atoms with van der Waals surface area (Å²) in [5, 5.41) is 39.7. The van der Waals surface area contributed by atoms with Crippen molar-refractivity contribution in [3.8, 4) is 51.7 Å². The molecule has 0 bridgehead atoms. The van der Waals surface area contributed by atoms with E-state index >= 15 is 0 Å². The molecule has 7 aromatic rings. The van der Waals surface area contributed by atoms with Gasteiger partial charge in [-0.1, -0.05) is 66.7 Å². The molecule has 0 N–H and O–H groups in total. The lowest BCUT2D eigenvalue weighted by molar-refractivity contribution is 0.316. The van der Waals surface area contributed by atoms with Crippen LogP contribution in [0, 0.1) is 34.0 Å². The minimum atomic E-state index is 0.286. The smallest absolute Gasteiger partial charge is 0.143 e. The molecule has 0 aliphatic rings. The highest BCUT2D eigenvalue weighted by atomic mass is 16.6. The SMILES string of the molecule is N#Cc1cc(C#N)c(-c2ccc(-c3ccc(-c4nc5ccccc5c5c4ccc4nonc45)cc3)cc2)c(C#N)c1. The lowest BCUT2D eigenvalue weighted by Crippen LogP contribution is -1.93.